The molecule has 0 atom stereocenters. The molecule has 0 aromatic carbocycles. The molecule has 0 aliphatic carbocycles. The van der Waals surface area contributed by atoms with E-state index < -0.39 is 0 Å². The average molecular weight is 163 g/mol. The molecule has 1 heterocycles. The monoisotopic (exact) mass is 163 g/mol. The molecule has 0 saturated heterocycles. The van der Waals surface area contributed by atoms with Gasteiger partial charge in [-0.2, -0.15) is 0 Å². The second-order valence-electron chi connectivity index (χ2n) is 2.78. The van der Waals surface area contributed by atoms with Crippen molar-refractivity contribution >= 4 is 6.41 Å². The lowest BCUT2D eigenvalue weighted by Crippen LogP contribution is -2.29. The number of hydrogen-bond acceptors (Lipinski definition) is 1. The number of hydrogen-bond donors (Lipinski definition) is 0. The van der Waals surface area contributed by atoms with Gasteiger partial charge in [0.2, 0.25) is 6.41 Å². The number of allylic oxidation sites excluding steroid dienone is 1. The molecule has 0 aromatic rings. The molecule has 1 aliphatic heterocycles. The van der Waals surface area contributed by atoms with Gasteiger partial charge in [-0.15, -0.1) is 0 Å². The Bertz CT molecular complexity index is 240. The van der Waals surface area contributed by atoms with E-state index in [0.717, 1.165) is 24.9 Å². The lowest BCUT2D eigenvalue weighted by atomic mass is 10.0. The first kappa shape index (κ1) is 8.78. The van der Waals surface area contributed by atoms with E-state index in [-0.39, 0.29) is 0 Å². The van der Waals surface area contributed by atoms with Gasteiger partial charge in [-0.05, 0) is 17.6 Å². The molecule has 2 nitrogen and oxygen atoms in total. The summed E-state index contributed by atoms with van der Waals surface area (Å²) in [5.41, 5.74) is 2.33. The lowest BCUT2D eigenvalue weighted by molar-refractivity contribution is -0.117. The Labute approximate surface area is 72.9 Å². The standard InChI is InChI=1S/C10H13NO/c1-3-9-5-6-11(8-12)7-10(9)4-2/h3-4,8H,1-2,5-7H2. The summed E-state index contributed by atoms with van der Waals surface area (Å²) in [5, 5.41) is 0. The number of carbonyl (C=O) groups excluding carboxylic acids is 1. The maximum Gasteiger partial charge on any atom is 0.210 e. The molecule has 2 heteroatoms. The Hall–Kier alpha value is -1.31. The first-order chi connectivity index (χ1) is 5.81. The summed E-state index contributed by atoms with van der Waals surface area (Å²) in [7, 11) is 0. The van der Waals surface area contributed by atoms with Crippen LogP contribution in [0, 0.1) is 0 Å². The smallest absolute Gasteiger partial charge is 0.210 e. The van der Waals surface area contributed by atoms with Gasteiger partial charge in [-0.1, -0.05) is 25.3 Å². The van der Waals surface area contributed by atoms with Crippen LogP contribution in [0.4, 0.5) is 0 Å². The highest BCUT2D eigenvalue weighted by Crippen LogP contribution is 2.17. The molecule has 0 spiro atoms. The summed E-state index contributed by atoms with van der Waals surface area (Å²) in [5.74, 6) is 0. The van der Waals surface area contributed by atoms with Crippen LogP contribution < -0.4 is 0 Å². The molecular weight excluding hydrogens is 150 g/mol. The molecule has 0 unspecified atom stereocenters. The highest BCUT2D eigenvalue weighted by atomic mass is 16.1. The Balaban J connectivity index is 2.82. The fourth-order valence-electron chi connectivity index (χ4n) is 1.34. The Kier molecular flexibility index (Phi) is 2.86. The van der Waals surface area contributed by atoms with E-state index in [9.17, 15) is 4.79 Å². The van der Waals surface area contributed by atoms with E-state index in [1.54, 1.807) is 11.0 Å². The minimum atomic E-state index is 0.675. The first-order valence-electron chi connectivity index (χ1n) is 3.98. The van der Waals surface area contributed by atoms with Crippen molar-refractivity contribution in [2.24, 2.45) is 0 Å². The van der Waals surface area contributed by atoms with Gasteiger partial charge in [-0.25, -0.2) is 0 Å². The van der Waals surface area contributed by atoms with Gasteiger partial charge in [0, 0.05) is 13.1 Å². The maximum absolute atomic E-state index is 10.5. The third kappa shape index (κ3) is 1.64. The summed E-state index contributed by atoms with van der Waals surface area (Å²) in [6.45, 7) is 8.89. The van der Waals surface area contributed by atoms with Crippen molar-refractivity contribution in [3.63, 3.8) is 0 Å². The number of carbonyl (C=O) groups is 1. The summed E-state index contributed by atoms with van der Waals surface area (Å²) in [6, 6.07) is 0. The first-order valence-corrected chi connectivity index (χ1v) is 3.98. The molecule has 1 aliphatic rings. The normalized spacial score (nSPS) is 17.5. The fraction of sp³-hybridized carbons (Fsp3) is 0.300. The molecule has 1 rings (SSSR count). The van der Waals surface area contributed by atoms with E-state index in [0.29, 0.717) is 6.54 Å². The van der Waals surface area contributed by atoms with Crippen molar-refractivity contribution in [2.45, 2.75) is 6.42 Å². The minimum Gasteiger partial charge on any atom is -0.341 e. The topological polar surface area (TPSA) is 20.3 Å². The van der Waals surface area contributed by atoms with E-state index in [4.69, 9.17) is 0 Å². The molecule has 0 bridgehead atoms. The summed E-state index contributed by atoms with van der Waals surface area (Å²) in [6.07, 6.45) is 5.42. The average Bonchev–Trinajstić information content (AvgIpc) is 2.16. The lowest BCUT2D eigenvalue weighted by Gasteiger charge is -2.25. The molecule has 0 saturated carbocycles. The SMILES string of the molecule is C=CC1=C(C=C)CN(C=O)CC1. The zero-order valence-electron chi connectivity index (χ0n) is 7.12. The van der Waals surface area contributed by atoms with Crippen LogP contribution in [0.2, 0.25) is 0 Å². The van der Waals surface area contributed by atoms with Crippen molar-refractivity contribution in [3.8, 4) is 0 Å². The van der Waals surface area contributed by atoms with Crippen molar-refractivity contribution in [2.75, 3.05) is 13.1 Å². The van der Waals surface area contributed by atoms with Gasteiger partial charge in [0.1, 0.15) is 0 Å². The zero-order valence-corrected chi connectivity index (χ0v) is 7.12. The van der Waals surface area contributed by atoms with Gasteiger partial charge in [0.05, 0.1) is 0 Å². The summed E-state index contributed by atoms with van der Waals surface area (Å²) in [4.78, 5) is 12.2. The van der Waals surface area contributed by atoms with Gasteiger partial charge in [0.15, 0.2) is 0 Å². The van der Waals surface area contributed by atoms with E-state index >= 15 is 0 Å². The molecule has 64 valence electrons. The molecule has 0 fully saturated rings. The van der Waals surface area contributed by atoms with E-state index in [1.807, 2.05) is 6.08 Å². The van der Waals surface area contributed by atoms with Crippen LogP contribution in [-0.2, 0) is 4.79 Å². The predicted octanol–water partition coefficient (Wildman–Crippen LogP) is 1.52. The number of rotatable bonds is 3. The van der Waals surface area contributed by atoms with Crippen LogP contribution >= 0.6 is 0 Å². The van der Waals surface area contributed by atoms with Crippen LogP contribution in [0.25, 0.3) is 0 Å². The Morgan fingerprint density at radius 3 is 2.42 bits per heavy atom. The van der Waals surface area contributed by atoms with Crippen LogP contribution in [0.1, 0.15) is 6.42 Å². The third-order valence-electron chi connectivity index (χ3n) is 2.10. The van der Waals surface area contributed by atoms with E-state index in [2.05, 4.69) is 13.2 Å². The Morgan fingerprint density at radius 2 is 1.92 bits per heavy atom. The second kappa shape index (κ2) is 3.90. The van der Waals surface area contributed by atoms with Gasteiger partial charge < -0.3 is 4.90 Å². The molecule has 12 heavy (non-hydrogen) atoms. The van der Waals surface area contributed by atoms with Crippen molar-refractivity contribution in [1.82, 2.24) is 4.90 Å². The third-order valence-corrected chi connectivity index (χ3v) is 2.10. The van der Waals surface area contributed by atoms with Gasteiger partial charge in [-0.3, -0.25) is 4.79 Å². The van der Waals surface area contributed by atoms with Crippen LogP contribution in [0.15, 0.2) is 36.5 Å². The second-order valence-corrected chi connectivity index (χ2v) is 2.78. The van der Waals surface area contributed by atoms with Crippen molar-refractivity contribution in [3.05, 3.63) is 36.5 Å². The summed E-state index contributed by atoms with van der Waals surface area (Å²) >= 11 is 0. The molecule has 0 radical (unpaired) electrons. The van der Waals surface area contributed by atoms with Crippen LogP contribution in [0.5, 0.6) is 0 Å². The number of nitrogens with zero attached hydrogens (tertiary/aromatic N) is 1. The zero-order chi connectivity index (χ0) is 8.97. The van der Waals surface area contributed by atoms with E-state index in [1.165, 1.54) is 5.57 Å². The largest absolute Gasteiger partial charge is 0.341 e. The predicted molar refractivity (Wildman–Crippen MR) is 49.7 cm³/mol. The highest BCUT2D eigenvalue weighted by Gasteiger charge is 2.12. The summed E-state index contributed by atoms with van der Waals surface area (Å²) < 4.78 is 0. The quantitative estimate of drug-likeness (QED) is 0.577. The molecular formula is C10H13NO. The number of amides is 1. The van der Waals surface area contributed by atoms with Crippen LogP contribution in [-0.4, -0.2) is 24.4 Å². The molecule has 0 aromatic heterocycles. The van der Waals surface area contributed by atoms with Crippen molar-refractivity contribution < 1.29 is 4.79 Å². The van der Waals surface area contributed by atoms with Gasteiger partial charge >= 0.3 is 0 Å². The molecule has 0 N–H and O–H groups in total. The van der Waals surface area contributed by atoms with Crippen molar-refractivity contribution in [1.29, 1.82) is 0 Å². The van der Waals surface area contributed by atoms with Gasteiger partial charge in [0.25, 0.3) is 0 Å². The minimum absolute atomic E-state index is 0.675. The Morgan fingerprint density at radius 1 is 1.25 bits per heavy atom. The maximum atomic E-state index is 10.5. The highest BCUT2D eigenvalue weighted by molar-refractivity contribution is 5.50. The van der Waals surface area contributed by atoms with Crippen LogP contribution in [0.3, 0.4) is 0 Å². The fourth-order valence-corrected chi connectivity index (χ4v) is 1.34. The molecule has 1 amide bonds.